The highest BCUT2D eigenvalue weighted by molar-refractivity contribution is 5.85. The Hall–Kier alpha value is -2.62. The quantitative estimate of drug-likeness (QED) is 0.857. The lowest BCUT2D eigenvalue weighted by molar-refractivity contribution is -0.163. The summed E-state index contributed by atoms with van der Waals surface area (Å²) in [4.78, 5) is 23.2. The molecule has 1 atom stereocenters. The Morgan fingerprint density at radius 2 is 1.33 bits per heavy atom. The second kappa shape index (κ2) is 6.70. The van der Waals surface area contributed by atoms with Gasteiger partial charge in [-0.05, 0) is 18.1 Å². The minimum atomic E-state index is -1.17. The first-order valence-electron chi connectivity index (χ1n) is 6.63. The lowest BCUT2D eigenvalue weighted by Gasteiger charge is -2.18. The molecule has 4 nitrogen and oxygen atoms in total. The Morgan fingerprint density at radius 1 is 0.905 bits per heavy atom. The number of benzene rings is 2. The van der Waals surface area contributed by atoms with E-state index < -0.39 is 24.0 Å². The van der Waals surface area contributed by atoms with E-state index in [1.165, 1.54) is 6.92 Å². The molecular formula is C17H16O4. The third-order valence-electron chi connectivity index (χ3n) is 3.14. The van der Waals surface area contributed by atoms with Gasteiger partial charge in [-0.1, -0.05) is 60.7 Å². The van der Waals surface area contributed by atoms with Crippen LogP contribution in [-0.4, -0.2) is 23.1 Å². The number of aliphatic carboxylic acids is 1. The summed E-state index contributed by atoms with van der Waals surface area (Å²) in [6.45, 7) is 1.34. The average molecular weight is 284 g/mol. The molecule has 0 unspecified atom stereocenters. The number of carboxylic acid groups (broad SMARTS) is 1. The number of esters is 1. The van der Waals surface area contributed by atoms with Crippen molar-refractivity contribution in [3.05, 3.63) is 71.8 Å². The molecule has 0 aliphatic carbocycles. The van der Waals surface area contributed by atoms with E-state index >= 15 is 0 Å². The fraction of sp³-hybridized carbons (Fsp3) is 0.176. The number of carbonyl (C=O) groups is 2. The summed E-state index contributed by atoms with van der Waals surface area (Å²) in [5.41, 5.74) is 1.54. The van der Waals surface area contributed by atoms with E-state index in [9.17, 15) is 9.59 Å². The molecule has 0 saturated carbocycles. The van der Waals surface area contributed by atoms with E-state index in [0.717, 1.165) is 11.1 Å². The first kappa shape index (κ1) is 14.8. The molecule has 0 radical (unpaired) electrons. The van der Waals surface area contributed by atoms with E-state index in [1.807, 2.05) is 60.7 Å². The zero-order valence-electron chi connectivity index (χ0n) is 11.6. The van der Waals surface area contributed by atoms with Gasteiger partial charge in [0.05, 0.1) is 0 Å². The summed E-state index contributed by atoms with van der Waals surface area (Å²) in [5, 5.41) is 8.88. The molecule has 0 fully saturated rings. The summed E-state index contributed by atoms with van der Waals surface area (Å²) in [7, 11) is 0. The summed E-state index contributed by atoms with van der Waals surface area (Å²) in [6.07, 6.45) is -1.17. The van der Waals surface area contributed by atoms with Gasteiger partial charge >= 0.3 is 11.9 Å². The van der Waals surface area contributed by atoms with Crippen LogP contribution in [0.15, 0.2) is 60.7 Å². The summed E-state index contributed by atoms with van der Waals surface area (Å²) >= 11 is 0. The molecule has 0 aromatic heterocycles. The minimum absolute atomic E-state index is 0.567. The van der Waals surface area contributed by atoms with Crippen LogP contribution in [-0.2, 0) is 14.3 Å². The van der Waals surface area contributed by atoms with Gasteiger partial charge in [-0.3, -0.25) is 4.79 Å². The van der Waals surface area contributed by atoms with Crippen LogP contribution in [0.4, 0.5) is 0 Å². The SMILES string of the molecule is C[C@@H](OC(=O)C(c1ccccc1)c1ccccc1)C(=O)O. The Bertz CT molecular complexity index is 568. The van der Waals surface area contributed by atoms with Crippen LogP contribution in [0.3, 0.4) is 0 Å². The van der Waals surface area contributed by atoms with E-state index in [-0.39, 0.29) is 0 Å². The molecular weight excluding hydrogens is 268 g/mol. The molecule has 1 N–H and O–H groups in total. The van der Waals surface area contributed by atoms with Gasteiger partial charge in [0.1, 0.15) is 5.92 Å². The van der Waals surface area contributed by atoms with Crippen LogP contribution in [0.25, 0.3) is 0 Å². The molecule has 4 heteroatoms. The summed E-state index contributed by atoms with van der Waals surface area (Å²) in [5.74, 6) is -2.36. The fourth-order valence-corrected chi connectivity index (χ4v) is 2.05. The Labute approximate surface area is 123 Å². The van der Waals surface area contributed by atoms with Crippen LogP contribution in [0.2, 0.25) is 0 Å². The standard InChI is InChI=1S/C17H16O4/c1-12(16(18)19)21-17(20)15(13-8-4-2-5-9-13)14-10-6-3-7-11-14/h2-12,15H,1H3,(H,18,19)/t12-/m1/s1. The second-order valence-electron chi connectivity index (χ2n) is 4.67. The molecule has 21 heavy (non-hydrogen) atoms. The molecule has 0 aliphatic rings. The van der Waals surface area contributed by atoms with Crippen LogP contribution in [0.5, 0.6) is 0 Å². The number of carbonyl (C=O) groups excluding carboxylic acids is 1. The van der Waals surface area contributed by atoms with Gasteiger partial charge in [0.15, 0.2) is 6.10 Å². The predicted octanol–water partition coefficient (Wildman–Crippen LogP) is 2.83. The van der Waals surface area contributed by atoms with Crippen molar-refractivity contribution in [3.63, 3.8) is 0 Å². The van der Waals surface area contributed by atoms with E-state index in [1.54, 1.807) is 0 Å². The molecule has 0 spiro atoms. The van der Waals surface area contributed by atoms with Crippen LogP contribution < -0.4 is 0 Å². The highest BCUT2D eigenvalue weighted by atomic mass is 16.6. The molecule has 108 valence electrons. The fourth-order valence-electron chi connectivity index (χ4n) is 2.05. The maximum atomic E-state index is 12.4. The zero-order valence-corrected chi connectivity index (χ0v) is 11.6. The first-order chi connectivity index (χ1) is 10.1. The van der Waals surface area contributed by atoms with Gasteiger partial charge in [0.2, 0.25) is 0 Å². The van der Waals surface area contributed by atoms with Crippen molar-refractivity contribution in [2.24, 2.45) is 0 Å². The van der Waals surface area contributed by atoms with Crippen molar-refractivity contribution in [3.8, 4) is 0 Å². The van der Waals surface area contributed by atoms with Crippen LogP contribution >= 0.6 is 0 Å². The van der Waals surface area contributed by atoms with Gasteiger partial charge in [-0.15, -0.1) is 0 Å². The van der Waals surface area contributed by atoms with Gasteiger partial charge in [-0.25, -0.2) is 4.79 Å². The summed E-state index contributed by atoms with van der Waals surface area (Å²) in [6, 6.07) is 18.3. The summed E-state index contributed by atoms with van der Waals surface area (Å²) < 4.78 is 5.04. The Kier molecular flexibility index (Phi) is 4.72. The van der Waals surface area contributed by atoms with Crippen molar-refractivity contribution < 1.29 is 19.4 Å². The van der Waals surface area contributed by atoms with Gasteiger partial charge < -0.3 is 9.84 Å². The van der Waals surface area contributed by atoms with Crippen molar-refractivity contribution >= 4 is 11.9 Å². The number of rotatable bonds is 5. The van der Waals surface area contributed by atoms with E-state index in [4.69, 9.17) is 9.84 Å². The second-order valence-corrected chi connectivity index (χ2v) is 4.67. The lowest BCUT2D eigenvalue weighted by atomic mass is 9.91. The number of ether oxygens (including phenoxy) is 1. The van der Waals surface area contributed by atoms with Gasteiger partial charge in [0.25, 0.3) is 0 Å². The normalized spacial score (nSPS) is 11.9. The minimum Gasteiger partial charge on any atom is -0.479 e. The Morgan fingerprint density at radius 3 is 1.71 bits per heavy atom. The predicted molar refractivity (Wildman–Crippen MR) is 77.9 cm³/mol. The van der Waals surface area contributed by atoms with Gasteiger partial charge in [-0.2, -0.15) is 0 Å². The number of hydrogen-bond donors (Lipinski definition) is 1. The lowest BCUT2D eigenvalue weighted by Crippen LogP contribution is -2.27. The molecule has 2 aromatic rings. The van der Waals surface area contributed by atoms with Crippen molar-refractivity contribution in [2.45, 2.75) is 18.9 Å². The third kappa shape index (κ3) is 3.69. The van der Waals surface area contributed by atoms with E-state index in [0.29, 0.717) is 0 Å². The van der Waals surface area contributed by atoms with Crippen LogP contribution in [0, 0.1) is 0 Å². The maximum absolute atomic E-state index is 12.4. The molecule has 2 rings (SSSR count). The smallest absolute Gasteiger partial charge is 0.344 e. The maximum Gasteiger partial charge on any atom is 0.344 e. The molecule has 2 aromatic carbocycles. The third-order valence-corrected chi connectivity index (χ3v) is 3.14. The van der Waals surface area contributed by atoms with Crippen molar-refractivity contribution in [1.29, 1.82) is 0 Å². The first-order valence-corrected chi connectivity index (χ1v) is 6.63. The molecule has 0 bridgehead atoms. The van der Waals surface area contributed by atoms with Crippen molar-refractivity contribution in [1.82, 2.24) is 0 Å². The van der Waals surface area contributed by atoms with Crippen molar-refractivity contribution in [2.75, 3.05) is 0 Å². The number of hydrogen-bond acceptors (Lipinski definition) is 3. The van der Waals surface area contributed by atoms with Crippen LogP contribution in [0.1, 0.15) is 24.0 Å². The highest BCUT2D eigenvalue weighted by Crippen LogP contribution is 2.26. The number of carboxylic acids is 1. The topological polar surface area (TPSA) is 63.6 Å². The monoisotopic (exact) mass is 284 g/mol. The largest absolute Gasteiger partial charge is 0.479 e. The molecule has 0 heterocycles. The molecule has 0 amide bonds. The van der Waals surface area contributed by atoms with Gasteiger partial charge in [0, 0.05) is 0 Å². The Balaban J connectivity index is 2.33. The average Bonchev–Trinajstić information content (AvgIpc) is 2.49. The highest BCUT2D eigenvalue weighted by Gasteiger charge is 2.27. The van der Waals surface area contributed by atoms with E-state index in [2.05, 4.69) is 0 Å². The zero-order chi connectivity index (χ0) is 15.2. The molecule has 0 saturated heterocycles. The molecule has 0 aliphatic heterocycles.